The van der Waals surface area contributed by atoms with Crippen LogP contribution in [0.25, 0.3) is 11.1 Å². The minimum Gasteiger partial charge on any atom is -0.483 e. The molecule has 2 amide bonds. The molecule has 0 unspecified atom stereocenters. The minimum atomic E-state index is -3.70. The third-order valence-electron chi connectivity index (χ3n) is 5.31. The van der Waals surface area contributed by atoms with E-state index >= 15 is 0 Å². The van der Waals surface area contributed by atoms with Gasteiger partial charge in [0.2, 0.25) is 10.0 Å². The number of ether oxygens (including phenoxy) is 1. The Morgan fingerprint density at radius 1 is 0.941 bits per heavy atom. The maximum Gasteiger partial charge on any atom is 0.276 e. The maximum absolute atomic E-state index is 12.6. The highest BCUT2D eigenvalue weighted by molar-refractivity contribution is 7.89. The van der Waals surface area contributed by atoms with Crippen LogP contribution in [0, 0.1) is 6.92 Å². The number of hydrazine groups is 1. The van der Waals surface area contributed by atoms with E-state index in [0.29, 0.717) is 11.3 Å². The maximum atomic E-state index is 12.6. The standard InChI is InChI=1S/C25H25N3O5S/c1-17-11-14-20(34(31,32)28-19-12-13-19)15-22(17)25(30)27-26-24(29)16-33-23-10-6-5-9-21(23)18-7-3-2-4-8-18/h2-11,14-15,19,28H,12-13,16H2,1H3,(H,26,29)(H,27,30). The van der Waals surface area contributed by atoms with Crippen LogP contribution < -0.4 is 20.3 Å². The molecule has 8 nitrogen and oxygen atoms in total. The summed E-state index contributed by atoms with van der Waals surface area (Å²) in [5.74, 6) is -0.654. The molecule has 34 heavy (non-hydrogen) atoms. The molecular formula is C25H25N3O5S. The molecule has 3 N–H and O–H groups in total. The summed E-state index contributed by atoms with van der Waals surface area (Å²) < 4.78 is 33.2. The Morgan fingerprint density at radius 3 is 2.38 bits per heavy atom. The van der Waals surface area contributed by atoms with Gasteiger partial charge in [-0.3, -0.25) is 20.4 Å². The summed E-state index contributed by atoms with van der Waals surface area (Å²) >= 11 is 0. The van der Waals surface area contributed by atoms with Crippen molar-refractivity contribution in [3.63, 3.8) is 0 Å². The molecule has 1 saturated carbocycles. The number of amides is 2. The van der Waals surface area contributed by atoms with E-state index in [0.717, 1.165) is 24.0 Å². The van der Waals surface area contributed by atoms with Crippen molar-refractivity contribution in [1.82, 2.24) is 15.6 Å². The number of carbonyl (C=O) groups is 2. The van der Waals surface area contributed by atoms with Gasteiger partial charge in [0.15, 0.2) is 6.61 Å². The molecule has 0 radical (unpaired) electrons. The van der Waals surface area contributed by atoms with Crippen LogP contribution in [0.15, 0.2) is 77.7 Å². The highest BCUT2D eigenvalue weighted by Gasteiger charge is 2.28. The highest BCUT2D eigenvalue weighted by Crippen LogP contribution is 2.29. The minimum absolute atomic E-state index is 0.00216. The van der Waals surface area contributed by atoms with Crippen molar-refractivity contribution in [2.45, 2.75) is 30.7 Å². The first-order valence-electron chi connectivity index (χ1n) is 10.8. The van der Waals surface area contributed by atoms with Crippen LogP contribution in [0.1, 0.15) is 28.8 Å². The fourth-order valence-corrected chi connectivity index (χ4v) is 4.65. The Morgan fingerprint density at radius 2 is 1.65 bits per heavy atom. The second-order valence-corrected chi connectivity index (χ2v) is 9.74. The first-order chi connectivity index (χ1) is 16.3. The molecule has 0 aliphatic heterocycles. The van der Waals surface area contributed by atoms with Gasteiger partial charge >= 0.3 is 0 Å². The van der Waals surface area contributed by atoms with Crippen LogP contribution in [0.5, 0.6) is 5.75 Å². The van der Waals surface area contributed by atoms with Gasteiger partial charge in [0, 0.05) is 17.2 Å². The summed E-state index contributed by atoms with van der Waals surface area (Å²) in [6.45, 7) is 1.37. The van der Waals surface area contributed by atoms with E-state index in [1.807, 2.05) is 48.5 Å². The van der Waals surface area contributed by atoms with Crippen molar-refractivity contribution in [3.8, 4) is 16.9 Å². The molecule has 1 aliphatic carbocycles. The van der Waals surface area contributed by atoms with E-state index < -0.39 is 21.8 Å². The summed E-state index contributed by atoms with van der Waals surface area (Å²) in [6, 6.07) is 21.2. The monoisotopic (exact) mass is 479 g/mol. The van der Waals surface area contributed by atoms with Gasteiger partial charge in [-0.25, -0.2) is 13.1 Å². The van der Waals surface area contributed by atoms with E-state index in [-0.39, 0.29) is 23.1 Å². The molecule has 0 aromatic heterocycles. The fourth-order valence-electron chi connectivity index (χ4n) is 3.32. The Labute approximate surface area is 198 Å². The molecule has 3 aromatic carbocycles. The molecule has 0 heterocycles. The highest BCUT2D eigenvalue weighted by atomic mass is 32.2. The van der Waals surface area contributed by atoms with Crippen LogP contribution in [0.4, 0.5) is 0 Å². The fraction of sp³-hybridized carbons (Fsp3) is 0.200. The van der Waals surface area contributed by atoms with Gasteiger partial charge in [0.05, 0.1) is 4.90 Å². The molecule has 0 saturated heterocycles. The molecule has 0 bridgehead atoms. The molecule has 1 fully saturated rings. The number of benzene rings is 3. The van der Waals surface area contributed by atoms with Crippen molar-refractivity contribution in [3.05, 3.63) is 83.9 Å². The summed E-state index contributed by atoms with van der Waals surface area (Å²) in [5.41, 5.74) is 7.14. The predicted octanol–water partition coefficient (Wildman–Crippen LogP) is 2.94. The van der Waals surface area contributed by atoms with E-state index in [4.69, 9.17) is 4.74 Å². The zero-order chi connectivity index (χ0) is 24.1. The van der Waals surface area contributed by atoms with Gasteiger partial charge in [0.1, 0.15) is 5.75 Å². The van der Waals surface area contributed by atoms with Gasteiger partial charge in [-0.2, -0.15) is 0 Å². The molecule has 4 rings (SSSR count). The lowest BCUT2D eigenvalue weighted by molar-refractivity contribution is -0.123. The van der Waals surface area contributed by atoms with E-state index in [9.17, 15) is 18.0 Å². The average Bonchev–Trinajstić information content (AvgIpc) is 3.65. The normalized spacial score (nSPS) is 13.2. The Balaban J connectivity index is 1.36. The third-order valence-corrected chi connectivity index (χ3v) is 6.83. The summed E-state index contributed by atoms with van der Waals surface area (Å²) in [4.78, 5) is 24.9. The number of sulfonamides is 1. The SMILES string of the molecule is Cc1ccc(S(=O)(=O)NC2CC2)cc1C(=O)NNC(=O)COc1ccccc1-c1ccccc1. The summed E-state index contributed by atoms with van der Waals surface area (Å²) in [6.07, 6.45) is 1.62. The van der Waals surface area contributed by atoms with Gasteiger partial charge in [-0.1, -0.05) is 54.6 Å². The van der Waals surface area contributed by atoms with Crippen LogP contribution in [-0.4, -0.2) is 32.9 Å². The second kappa shape index (κ2) is 10.1. The summed E-state index contributed by atoms with van der Waals surface area (Å²) in [5, 5.41) is 0. The van der Waals surface area contributed by atoms with Crippen molar-refractivity contribution >= 4 is 21.8 Å². The number of aryl methyl sites for hydroxylation is 1. The molecule has 3 aromatic rings. The Bertz CT molecular complexity index is 1310. The summed E-state index contributed by atoms with van der Waals surface area (Å²) in [7, 11) is -3.70. The number of carbonyl (C=O) groups excluding carboxylic acids is 2. The number of rotatable bonds is 8. The van der Waals surface area contributed by atoms with Crippen LogP contribution in [-0.2, 0) is 14.8 Å². The smallest absolute Gasteiger partial charge is 0.276 e. The van der Waals surface area contributed by atoms with Crippen LogP contribution >= 0.6 is 0 Å². The molecule has 9 heteroatoms. The molecule has 1 aliphatic rings. The zero-order valence-corrected chi connectivity index (χ0v) is 19.4. The third kappa shape index (κ3) is 5.81. The number of hydrogen-bond acceptors (Lipinski definition) is 5. The number of nitrogens with one attached hydrogen (secondary N) is 3. The van der Waals surface area contributed by atoms with Crippen molar-refractivity contribution in [2.75, 3.05) is 6.61 Å². The van der Waals surface area contributed by atoms with E-state index in [1.165, 1.54) is 12.1 Å². The van der Waals surface area contributed by atoms with Gasteiger partial charge in [-0.15, -0.1) is 0 Å². The van der Waals surface area contributed by atoms with Gasteiger partial charge in [0.25, 0.3) is 11.8 Å². The number of para-hydroxylation sites is 1. The second-order valence-electron chi connectivity index (χ2n) is 8.03. The quantitative estimate of drug-likeness (QED) is 0.430. The van der Waals surface area contributed by atoms with Crippen molar-refractivity contribution < 1.29 is 22.7 Å². The van der Waals surface area contributed by atoms with Crippen LogP contribution in [0.2, 0.25) is 0 Å². The Kier molecular flexibility index (Phi) is 6.95. The molecular weight excluding hydrogens is 454 g/mol. The largest absolute Gasteiger partial charge is 0.483 e. The lowest BCUT2D eigenvalue weighted by Gasteiger charge is -2.13. The first-order valence-corrected chi connectivity index (χ1v) is 12.3. The topological polar surface area (TPSA) is 114 Å². The lowest BCUT2D eigenvalue weighted by atomic mass is 10.1. The van der Waals surface area contributed by atoms with Gasteiger partial charge < -0.3 is 4.74 Å². The van der Waals surface area contributed by atoms with Crippen molar-refractivity contribution in [2.24, 2.45) is 0 Å². The zero-order valence-electron chi connectivity index (χ0n) is 18.6. The van der Waals surface area contributed by atoms with E-state index in [2.05, 4.69) is 15.6 Å². The van der Waals surface area contributed by atoms with Gasteiger partial charge in [-0.05, 0) is 49.1 Å². The average molecular weight is 480 g/mol. The van der Waals surface area contributed by atoms with Crippen LogP contribution in [0.3, 0.4) is 0 Å². The first kappa shape index (κ1) is 23.5. The van der Waals surface area contributed by atoms with Crippen molar-refractivity contribution in [1.29, 1.82) is 0 Å². The number of hydrogen-bond donors (Lipinski definition) is 3. The van der Waals surface area contributed by atoms with E-state index in [1.54, 1.807) is 19.1 Å². The Hall–Kier alpha value is -3.69. The lowest BCUT2D eigenvalue weighted by Crippen LogP contribution is -2.44. The molecule has 0 spiro atoms. The molecule has 0 atom stereocenters. The predicted molar refractivity (Wildman–Crippen MR) is 128 cm³/mol. The molecule has 176 valence electrons.